The van der Waals surface area contributed by atoms with Crippen LogP contribution < -0.4 is 5.73 Å². The highest BCUT2D eigenvalue weighted by Crippen LogP contribution is 2.21. The third-order valence-electron chi connectivity index (χ3n) is 2.34. The van der Waals surface area contributed by atoms with Crippen LogP contribution in [0.1, 0.15) is 11.4 Å². The van der Waals surface area contributed by atoms with Crippen LogP contribution in [0.25, 0.3) is 0 Å². The van der Waals surface area contributed by atoms with Crippen LogP contribution in [0.2, 0.25) is 0 Å². The van der Waals surface area contributed by atoms with Crippen molar-refractivity contribution < 1.29 is 4.21 Å². The third kappa shape index (κ3) is 2.50. The lowest BCUT2D eigenvalue weighted by atomic mass is 10.2. The number of nitrogens with two attached hydrogens (primary N) is 1. The average molecular weight is 251 g/mol. The largest absolute Gasteiger partial charge is 0.398 e. The Bertz CT molecular complexity index is 566. The van der Waals surface area contributed by atoms with Crippen molar-refractivity contribution in [3.05, 3.63) is 29.6 Å². The highest BCUT2D eigenvalue weighted by atomic mass is 32.2. The number of aryl methyl sites for hydroxylation is 2. The maximum absolute atomic E-state index is 12.1. The number of hydrogen-bond donors (Lipinski definition) is 1. The van der Waals surface area contributed by atoms with E-state index in [-0.39, 0.29) is 5.75 Å². The molecule has 1 aromatic carbocycles. The van der Waals surface area contributed by atoms with Crippen LogP contribution in [-0.4, -0.2) is 24.4 Å². The minimum Gasteiger partial charge on any atom is -0.398 e. The van der Waals surface area contributed by atoms with Gasteiger partial charge in [-0.3, -0.25) is 4.21 Å². The van der Waals surface area contributed by atoms with Gasteiger partial charge in [0.15, 0.2) is 5.82 Å². The van der Waals surface area contributed by atoms with E-state index >= 15 is 0 Å². The van der Waals surface area contributed by atoms with Gasteiger partial charge in [-0.25, -0.2) is 0 Å². The van der Waals surface area contributed by atoms with E-state index < -0.39 is 10.8 Å². The van der Waals surface area contributed by atoms with Gasteiger partial charge in [-0.15, -0.1) is 10.2 Å². The second-order valence-electron chi connectivity index (χ2n) is 3.67. The molecule has 0 fully saturated rings. The molecule has 17 heavy (non-hydrogen) atoms. The molecule has 7 heteroatoms. The fourth-order valence-corrected chi connectivity index (χ4v) is 2.57. The highest BCUT2D eigenvalue weighted by molar-refractivity contribution is 7.84. The smallest absolute Gasteiger partial charge is 0.187 e. The number of para-hydroxylation sites is 1. The van der Waals surface area contributed by atoms with E-state index in [1.807, 2.05) is 19.1 Å². The zero-order valence-electron chi connectivity index (χ0n) is 9.62. The molecule has 0 bridgehead atoms. The predicted octanol–water partition coefficient (Wildman–Crippen LogP) is 0.409. The summed E-state index contributed by atoms with van der Waals surface area (Å²) >= 11 is 0. The molecular weight excluding hydrogens is 238 g/mol. The van der Waals surface area contributed by atoms with E-state index in [9.17, 15) is 4.21 Å². The van der Waals surface area contributed by atoms with Crippen molar-refractivity contribution in [2.24, 2.45) is 7.05 Å². The quantitative estimate of drug-likeness (QED) is 0.798. The molecule has 2 N–H and O–H groups in total. The van der Waals surface area contributed by atoms with Gasteiger partial charge in [-0.1, -0.05) is 12.1 Å². The van der Waals surface area contributed by atoms with Crippen molar-refractivity contribution in [1.29, 1.82) is 0 Å². The first-order valence-corrected chi connectivity index (χ1v) is 6.36. The fraction of sp³-hybridized carbons (Fsp3) is 0.300. The molecule has 1 heterocycles. The van der Waals surface area contributed by atoms with Gasteiger partial charge in [0.05, 0.1) is 34.2 Å². The summed E-state index contributed by atoms with van der Waals surface area (Å²) in [6, 6.07) is 5.48. The van der Waals surface area contributed by atoms with Crippen LogP contribution in [0, 0.1) is 6.92 Å². The third-order valence-corrected chi connectivity index (χ3v) is 3.71. The number of nitrogens with zero attached hydrogens (tertiary/aromatic N) is 4. The zero-order chi connectivity index (χ0) is 12.4. The molecule has 0 aliphatic carbocycles. The van der Waals surface area contributed by atoms with Gasteiger partial charge in [-0.05, 0) is 23.8 Å². The molecule has 6 nitrogen and oxygen atoms in total. The molecular formula is C10H13N5OS. The van der Waals surface area contributed by atoms with Gasteiger partial charge in [0, 0.05) is 0 Å². The molecule has 0 radical (unpaired) electrons. The standard InChI is InChI=1S/C10H13N5OS/c1-7-4-3-5-8(10(7)11)17(16)6-9-12-14-15(2)13-9/h3-5H,6,11H2,1-2H3. The molecule has 0 aliphatic rings. The Balaban J connectivity index is 2.23. The highest BCUT2D eigenvalue weighted by Gasteiger charge is 2.12. The van der Waals surface area contributed by atoms with Gasteiger partial charge < -0.3 is 5.73 Å². The van der Waals surface area contributed by atoms with Crippen molar-refractivity contribution in [2.75, 3.05) is 5.73 Å². The monoisotopic (exact) mass is 251 g/mol. The van der Waals surface area contributed by atoms with Crippen LogP contribution in [0.15, 0.2) is 23.1 Å². The number of benzene rings is 1. The summed E-state index contributed by atoms with van der Waals surface area (Å²) in [5.74, 6) is 0.674. The maximum Gasteiger partial charge on any atom is 0.187 e. The summed E-state index contributed by atoms with van der Waals surface area (Å²) in [4.78, 5) is 1.96. The van der Waals surface area contributed by atoms with E-state index in [2.05, 4.69) is 15.4 Å². The first kappa shape index (κ1) is 11.7. The number of rotatable bonds is 3. The number of tetrazole rings is 1. The first-order chi connectivity index (χ1) is 8.08. The van der Waals surface area contributed by atoms with Gasteiger partial charge in [-0.2, -0.15) is 4.80 Å². The molecule has 90 valence electrons. The van der Waals surface area contributed by atoms with Crippen LogP contribution in [0.3, 0.4) is 0 Å². The lowest BCUT2D eigenvalue weighted by Crippen LogP contribution is -2.04. The Morgan fingerprint density at radius 1 is 1.47 bits per heavy atom. The number of nitrogen functional groups attached to an aromatic ring is 1. The minimum absolute atomic E-state index is 0.224. The summed E-state index contributed by atoms with van der Waals surface area (Å²) in [6.07, 6.45) is 0. The summed E-state index contributed by atoms with van der Waals surface area (Å²) in [6.45, 7) is 1.89. The topological polar surface area (TPSA) is 86.7 Å². The normalized spacial score (nSPS) is 12.6. The van der Waals surface area contributed by atoms with Crippen molar-refractivity contribution >= 4 is 16.5 Å². The molecule has 2 rings (SSSR count). The summed E-state index contributed by atoms with van der Waals surface area (Å²) in [5.41, 5.74) is 7.37. The number of anilines is 1. The molecule has 0 saturated heterocycles. The molecule has 1 aromatic heterocycles. The SMILES string of the molecule is Cc1cccc(S(=O)Cc2nnn(C)n2)c1N. The van der Waals surface area contributed by atoms with Crippen LogP contribution in [0.5, 0.6) is 0 Å². The molecule has 0 saturated carbocycles. The van der Waals surface area contributed by atoms with Crippen LogP contribution >= 0.6 is 0 Å². The van der Waals surface area contributed by atoms with E-state index in [1.54, 1.807) is 13.1 Å². The second kappa shape index (κ2) is 4.62. The summed E-state index contributed by atoms with van der Waals surface area (Å²) < 4.78 is 12.1. The molecule has 1 atom stereocenters. The van der Waals surface area contributed by atoms with E-state index in [0.717, 1.165) is 5.56 Å². The van der Waals surface area contributed by atoms with Crippen molar-refractivity contribution in [2.45, 2.75) is 17.6 Å². The van der Waals surface area contributed by atoms with Crippen LogP contribution in [0.4, 0.5) is 5.69 Å². The van der Waals surface area contributed by atoms with Crippen molar-refractivity contribution in [3.8, 4) is 0 Å². The number of hydrogen-bond acceptors (Lipinski definition) is 5. The Morgan fingerprint density at radius 3 is 2.88 bits per heavy atom. The van der Waals surface area contributed by atoms with E-state index in [0.29, 0.717) is 16.4 Å². The van der Waals surface area contributed by atoms with Gasteiger partial charge in [0.25, 0.3) is 0 Å². The molecule has 2 aromatic rings. The van der Waals surface area contributed by atoms with Crippen molar-refractivity contribution in [3.63, 3.8) is 0 Å². The first-order valence-electron chi connectivity index (χ1n) is 5.04. The van der Waals surface area contributed by atoms with Crippen LogP contribution in [-0.2, 0) is 23.6 Å². The molecule has 0 aliphatic heterocycles. The number of aromatic nitrogens is 4. The molecule has 0 amide bonds. The predicted molar refractivity (Wildman–Crippen MR) is 64.5 cm³/mol. The van der Waals surface area contributed by atoms with Gasteiger partial charge >= 0.3 is 0 Å². The van der Waals surface area contributed by atoms with E-state index in [4.69, 9.17) is 5.73 Å². The van der Waals surface area contributed by atoms with Gasteiger partial charge in [0.2, 0.25) is 0 Å². The Kier molecular flexibility index (Phi) is 3.19. The fourth-order valence-electron chi connectivity index (χ4n) is 1.43. The average Bonchev–Trinajstić information content (AvgIpc) is 2.68. The molecule has 0 spiro atoms. The Labute approximate surface area is 101 Å². The summed E-state index contributed by atoms with van der Waals surface area (Å²) in [5, 5.41) is 11.5. The zero-order valence-corrected chi connectivity index (χ0v) is 10.4. The minimum atomic E-state index is -1.25. The maximum atomic E-state index is 12.1. The van der Waals surface area contributed by atoms with E-state index in [1.165, 1.54) is 4.80 Å². The second-order valence-corrected chi connectivity index (χ2v) is 5.09. The van der Waals surface area contributed by atoms with Gasteiger partial charge in [0.1, 0.15) is 0 Å². The summed E-state index contributed by atoms with van der Waals surface area (Å²) in [7, 11) is 0.421. The Morgan fingerprint density at radius 2 is 2.24 bits per heavy atom. The Hall–Kier alpha value is -1.76. The molecule has 1 unspecified atom stereocenters. The lowest BCUT2D eigenvalue weighted by Gasteiger charge is -2.06. The lowest BCUT2D eigenvalue weighted by molar-refractivity contribution is 0.628. The van der Waals surface area contributed by atoms with Crippen molar-refractivity contribution in [1.82, 2.24) is 20.2 Å².